The Hall–Kier alpha value is -1.59. The first-order chi connectivity index (χ1) is 9.11. The molecule has 0 aromatic carbocycles. The Balaban J connectivity index is 2.82. The van der Waals surface area contributed by atoms with E-state index in [-0.39, 0.29) is 11.3 Å². The molecule has 6 heteroatoms. The maximum absolute atomic E-state index is 12.1. The van der Waals surface area contributed by atoms with Gasteiger partial charge in [-0.05, 0) is 33.6 Å². The van der Waals surface area contributed by atoms with Crippen LogP contribution in [0.1, 0.15) is 47.0 Å². The predicted octanol–water partition coefficient (Wildman–Crippen LogP) is 2.15. The summed E-state index contributed by atoms with van der Waals surface area (Å²) in [6, 6.07) is 0. The van der Waals surface area contributed by atoms with Crippen LogP contribution in [-0.2, 0) is 9.53 Å². The third-order valence-corrected chi connectivity index (χ3v) is 3.41. The van der Waals surface area contributed by atoms with Gasteiger partial charge < -0.3 is 14.8 Å². The molecule has 6 nitrogen and oxygen atoms in total. The van der Waals surface area contributed by atoms with Gasteiger partial charge in [-0.3, -0.25) is 0 Å². The lowest BCUT2D eigenvalue weighted by Gasteiger charge is -2.26. The second kappa shape index (κ2) is 5.81. The molecule has 2 amide bonds. The molecular formula is C14H24N2O4. The summed E-state index contributed by atoms with van der Waals surface area (Å²) in [5.41, 5.74) is -1.39. The number of nitrogens with zero attached hydrogens (tertiary/aromatic N) is 2. The largest absolute Gasteiger partial charge is 0.617 e. The van der Waals surface area contributed by atoms with E-state index >= 15 is 0 Å². The highest BCUT2D eigenvalue weighted by atomic mass is 16.6. The topological polar surface area (TPSA) is 72.7 Å². The van der Waals surface area contributed by atoms with Crippen molar-refractivity contribution in [3.63, 3.8) is 0 Å². The third-order valence-electron chi connectivity index (χ3n) is 3.41. The van der Waals surface area contributed by atoms with Gasteiger partial charge in [-0.25, -0.2) is 9.59 Å². The van der Waals surface area contributed by atoms with Gasteiger partial charge in [0.25, 0.3) is 0 Å². The summed E-state index contributed by atoms with van der Waals surface area (Å²) in [6.45, 7) is 11.1. The molecule has 1 aliphatic rings. The maximum Gasteiger partial charge on any atom is 0.410 e. The van der Waals surface area contributed by atoms with Crippen molar-refractivity contribution in [3.05, 3.63) is 5.21 Å². The van der Waals surface area contributed by atoms with E-state index in [0.29, 0.717) is 19.4 Å². The fourth-order valence-electron chi connectivity index (χ4n) is 2.58. The summed E-state index contributed by atoms with van der Waals surface area (Å²) in [5.74, 6) is -0.551. The lowest BCUT2D eigenvalue weighted by atomic mass is 9.81. The number of ether oxygens (including phenoxy) is 1. The van der Waals surface area contributed by atoms with E-state index in [1.807, 2.05) is 6.92 Å². The zero-order chi connectivity index (χ0) is 15.6. The van der Waals surface area contributed by atoms with Gasteiger partial charge in [0.05, 0.1) is 0 Å². The Morgan fingerprint density at radius 3 is 2.50 bits per heavy atom. The van der Waals surface area contributed by atoms with Gasteiger partial charge >= 0.3 is 12.0 Å². The van der Waals surface area contributed by atoms with Crippen LogP contribution < -0.4 is 0 Å². The zero-order valence-corrected chi connectivity index (χ0v) is 12.8. The molecule has 114 valence electrons. The van der Waals surface area contributed by atoms with Gasteiger partial charge in [0.15, 0.2) is 0 Å². The standard InChI is InChI=1S/C14H24N2O4/c1-6-7-14(11(17)15(5)19)8-9-16(10-14)12(18)20-13(2,3)4/h5-10H2,1-4H3/t14-/m0/s1. The van der Waals surface area contributed by atoms with E-state index < -0.39 is 23.0 Å². The van der Waals surface area contributed by atoms with Crippen molar-refractivity contribution in [3.8, 4) is 0 Å². The first kappa shape index (κ1) is 16.5. The van der Waals surface area contributed by atoms with Gasteiger partial charge in [-0.15, -0.1) is 4.74 Å². The SMILES string of the molecule is C=[N+]([O-])C(=O)[C@@]1(CCC)CCN(C(=O)OC(C)(C)C)C1. The van der Waals surface area contributed by atoms with Crippen LogP contribution in [0.5, 0.6) is 0 Å². The fraction of sp³-hybridized carbons (Fsp3) is 0.786. The number of carbonyl (C=O) groups excluding carboxylic acids is 2. The van der Waals surface area contributed by atoms with Crippen molar-refractivity contribution in [1.29, 1.82) is 0 Å². The second-order valence-corrected chi connectivity index (χ2v) is 6.37. The first-order valence-corrected chi connectivity index (χ1v) is 6.91. The predicted molar refractivity (Wildman–Crippen MR) is 75.5 cm³/mol. The van der Waals surface area contributed by atoms with Crippen LogP contribution in [0.15, 0.2) is 0 Å². The van der Waals surface area contributed by atoms with E-state index in [2.05, 4.69) is 6.72 Å². The molecule has 20 heavy (non-hydrogen) atoms. The average molecular weight is 284 g/mol. The third kappa shape index (κ3) is 3.71. The van der Waals surface area contributed by atoms with Crippen molar-refractivity contribution in [1.82, 2.24) is 4.90 Å². The van der Waals surface area contributed by atoms with E-state index in [1.54, 1.807) is 20.8 Å². The summed E-state index contributed by atoms with van der Waals surface area (Å²) in [5, 5.41) is 11.2. The lowest BCUT2D eigenvalue weighted by molar-refractivity contribution is -0.384. The van der Waals surface area contributed by atoms with Crippen LogP contribution in [0.3, 0.4) is 0 Å². The molecule has 0 N–H and O–H groups in total. The fourth-order valence-corrected chi connectivity index (χ4v) is 2.58. The van der Waals surface area contributed by atoms with Crippen LogP contribution in [0.25, 0.3) is 0 Å². The molecule has 0 saturated carbocycles. The highest BCUT2D eigenvalue weighted by Gasteiger charge is 2.50. The summed E-state index contributed by atoms with van der Waals surface area (Å²) >= 11 is 0. The molecular weight excluding hydrogens is 260 g/mol. The van der Waals surface area contributed by atoms with Gasteiger partial charge in [0, 0.05) is 13.1 Å². The lowest BCUT2D eigenvalue weighted by Crippen LogP contribution is -2.41. The van der Waals surface area contributed by atoms with Crippen LogP contribution in [0.2, 0.25) is 0 Å². The van der Waals surface area contributed by atoms with Crippen LogP contribution in [0.4, 0.5) is 4.79 Å². The molecule has 0 bridgehead atoms. The molecule has 1 rings (SSSR count). The van der Waals surface area contributed by atoms with Crippen molar-refractivity contribution in [2.45, 2.75) is 52.6 Å². The number of amides is 2. The van der Waals surface area contributed by atoms with Crippen molar-refractivity contribution >= 4 is 18.7 Å². The van der Waals surface area contributed by atoms with Gasteiger partial charge in [-0.2, -0.15) is 0 Å². The Labute approximate surface area is 120 Å². The first-order valence-electron chi connectivity index (χ1n) is 6.91. The Kier molecular flexibility index (Phi) is 4.78. The minimum absolute atomic E-state index is 0.133. The molecule has 0 aromatic heterocycles. The van der Waals surface area contributed by atoms with Crippen LogP contribution in [0, 0.1) is 10.6 Å². The monoisotopic (exact) mass is 284 g/mol. The minimum atomic E-state index is -0.810. The summed E-state index contributed by atoms with van der Waals surface area (Å²) in [7, 11) is 0. The maximum atomic E-state index is 12.1. The number of hydrogen-bond donors (Lipinski definition) is 0. The minimum Gasteiger partial charge on any atom is -0.617 e. The average Bonchev–Trinajstić information content (AvgIpc) is 2.72. The zero-order valence-electron chi connectivity index (χ0n) is 12.8. The van der Waals surface area contributed by atoms with Gasteiger partial charge in [0.1, 0.15) is 17.7 Å². The van der Waals surface area contributed by atoms with Gasteiger partial charge in [-0.1, -0.05) is 13.3 Å². The molecule has 1 saturated heterocycles. The molecule has 0 radical (unpaired) electrons. The molecule has 0 unspecified atom stereocenters. The molecule has 1 atom stereocenters. The van der Waals surface area contributed by atoms with E-state index in [0.717, 1.165) is 6.42 Å². The van der Waals surface area contributed by atoms with Crippen molar-refractivity contribution in [2.24, 2.45) is 5.41 Å². The number of rotatable bonds is 3. The van der Waals surface area contributed by atoms with E-state index in [4.69, 9.17) is 4.74 Å². The van der Waals surface area contributed by atoms with Crippen molar-refractivity contribution < 1.29 is 19.1 Å². The molecule has 1 fully saturated rings. The number of likely N-dealkylation sites (tertiary alicyclic amines) is 1. The Bertz CT molecular complexity index is 414. The van der Waals surface area contributed by atoms with E-state index in [9.17, 15) is 14.8 Å². The Morgan fingerprint density at radius 1 is 1.45 bits per heavy atom. The number of hydrogen-bond acceptors (Lipinski definition) is 4. The Morgan fingerprint density at radius 2 is 2.05 bits per heavy atom. The molecule has 0 aromatic rings. The smallest absolute Gasteiger partial charge is 0.410 e. The summed E-state index contributed by atoms with van der Waals surface area (Å²) in [4.78, 5) is 25.6. The van der Waals surface area contributed by atoms with Gasteiger partial charge in [0.2, 0.25) is 0 Å². The summed E-state index contributed by atoms with van der Waals surface area (Å²) < 4.78 is 5.43. The van der Waals surface area contributed by atoms with Crippen molar-refractivity contribution in [2.75, 3.05) is 13.1 Å². The number of carbonyl (C=O) groups is 2. The second-order valence-electron chi connectivity index (χ2n) is 6.37. The summed E-state index contributed by atoms with van der Waals surface area (Å²) in [6.07, 6.45) is 1.37. The molecule has 0 spiro atoms. The normalized spacial score (nSPS) is 22.7. The highest BCUT2D eigenvalue weighted by molar-refractivity contribution is 5.79. The quantitative estimate of drug-likeness (QED) is 0.344. The molecule has 1 aliphatic heterocycles. The highest BCUT2D eigenvalue weighted by Crippen LogP contribution is 2.37. The van der Waals surface area contributed by atoms with Crippen LogP contribution in [-0.4, -0.2) is 47.0 Å². The molecule has 1 heterocycles. The van der Waals surface area contributed by atoms with Crippen LogP contribution >= 0.6 is 0 Å². The van der Waals surface area contributed by atoms with E-state index in [1.165, 1.54) is 4.90 Å². The number of hydroxylamine groups is 1. The molecule has 0 aliphatic carbocycles.